The van der Waals surface area contributed by atoms with Crippen molar-refractivity contribution in [3.8, 4) is 0 Å². The lowest BCUT2D eigenvalue weighted by Crippen LogP contribution is -2.08. The third-order valence-electron chi connectivity index (χ3n) is 2.97. The van der Waals surface area contributed by atoms with E-state index in [-0.39, 0.29) is 30.2 Å². The van der Waals surface area contributed by atoms with E-state index >= 15 is 0 Å². The zero-order valence-electron chi connectivity index (χ0n) is 14.8. The average molecular weight is 344 g/mol. The molecule has 7 nitrogen and oxygen atoms in total. The van der Waals surface area contributed by atoms with Gasteiger partial charge in [0.05, 0.1) is 7.11 Å². The molecule has 0 aromatic rings. The van der Waals surface area contributed by atoms with Crippen molar-refractivity contribution in [2.75, 3.05) is 7.11 Å². The average Bonchev–Trinajstić information content (AvgIpc) is 2.48. The number of unbranched alkanes of at least 4 members (excludes halogenated alkanes) is 2. The minimum absolute atomic E-state index is 0.125. The Hall–Kier alpha value is -2.05. The highest BCUT2D eigenvalue weighted by atomic mass is 16.5. The molecular weight excluding hydrogens is 316 g/mol. The summed E-state index contributed by atoms with van der Waals surface area (Å²) in [6, 6.07) is 0. The summed E-state index contributed by atoms with van der Waals surface area (Å²) >= 11 is 0. The van der Waals surface area contributed by atoms with Crippen molar-refractivity contribution in [1.82, 2.24) is 0 Å². The number of ketones is 3. The Bertz CT molecular complexity index is 411. The lowest BCUT2D eigenvalue weighted by molar-refractivity contribution is -0.143. The molecule has 0 aliphatic heterocycles. The standard InChI is InChI=1S/C10H16O4.C7H12O3/c1-8(11)5-3-4-6-9(12)7-10(13)14-2;1-6(8)4-2-3-5-7(9)10/h3-7H2,1-2H3;2-5H2,1H3,(H,9,10). The fourth-order valence-corrected chi connectivity index (χ4v) is 1.67. The van der Waals surface area contributed by atoms with Crippen molar-refractivity contribution in [3.63, 3.8) is 0 Å². The lowest BCUT2D eigenvalue weighted by Gasteiger charge is -1.99. The van der Waals surface area contributed by atoms with Crippen LogP contribution in [0.15, 0.2) is 0 Å². The molecule has 0 saturated carbocycles. The maximum atomic E-state index is 11.1. The highest BCUT2D eigenvalue weighted by molar-refractivity contribution is 5.95. The van der Waals surface area contributed by atoms with Gasteiger partial charge in [-0.1, -0.05) is 0 Å². The monoisotopic (exact) mass is 344 g/mol. The summed E-state index contributed by atoms with van der Waals surface area (Å²) in [4.78, 5) is 52.6. The number of carboxylic acid groups (broad SMARTS) is 1. The first-order valence-electron chi connectivity index (χ1n) is 7.98. The molecule has 0 aromatic heterocycles. The van der Waals surface area contributed by atoms with E-state index in [1.807, 2.05) is 0 Å². The summed E-state index contributed by atoms with van der Waals surface area (Å²) in [6.45, 7) is 3.04. The fraction of sp³-hybridized carbons (Fsp3) is 0.706. The Balaban J connectivity index is 0. The first-order valence-corrected chi connectivity index (χ1v) is 7.98. The van der Waals surface area contributed by atoms with E-state index in [0.29, 0.717) is 44.9 Å². The normalized spacial score (nSPS) is 9.46. The minimum Gasteiger partial charge on any atom is -0.481 e. The summed E-state index contributed by atoms with van der Waals surface area (Å²) in [5.74, 6) is -1.15. The second-order valence-corrected chi connectivity index (χ2v) is 5.50. The van der Waals surface area contributed by atoms with Crippen molar-refractivity contribution in [1.29, 1.82) is 0 Å². The predicted octanol–water partition coefficient (Wildman–Crippen LogP) is 2.49. The molecule has 138 valence electrons. The predicted molar refractivity (Wildman–Crippen MR) is 87.6 cm³/mol. The molecule has 0 rings (SSSR count). The molecule has 0 fully saturated rings. The molecule has 0 unspecified atom stereocenters. The zero-order valence-corrected chi connectivity index (χ0v) is 14.8. The number of hydrogen-bond donors (Lipinski definition) is 1. The summed E-state index contributed by atoms with van der Waals surface area (Å²) in [5, 5.41) is 8.19. The van der Waals surface area contributed by atoms with Crippen LogP contribution in [0.5, 0.6) is 0 Å². The molecule has 7 heteroatoms. The summed E-state index contributed by atoms with van der Waals surface area (Å²) < 4.78 is 4.35. The van der Waals surface area contributed by atoms with Crippen molar-refractivity contribution in [2.45, 2.75) is 71.6 Å². The van der Waals surface area contributed by atoms with Crippen LogP contribution in [0.3, 0.4) is 0 Å². The smallest absolute Gasteiger partial charge is 0.313 e. The highest BCUT2D eigenvalue weighted by Crippen LogP contribution is 2.03. The number of methoxy groups -OCH3 is 1. The molecule has 0 bridgehead atoms. The van der Waals surface area contributed by atoms with Crippen molar-refractivity contribution in [3.05, 3.63) is 0 Å². The molecular formula is C17H28O7. The number of carbonyl (C=O) groups excluding carboxylic acids is 4. The highest BCUT2D eigenvalue weighted by Gasteiger charge is 2.08. The first kappa shape index (κ1) is 24.2. The maximum absolute atomic E-state index is 11.1. The number of ether oxygens (including phenoxy) is 1. The number of hydrogen-bond acceptors (Lipinski definition) is 6. The van der Waals surface area contributed by atoms with Gasteiger partial charge in [-0.2, -0.15) is 0 Å². The summed E-state index contributed by atoms with van der Waals surface area (Å²) in [7, 11) is 1.26. The number of esters is 1. The fourth-order valence-electron chi connectivity index (χ4n) is 1.67. The maximum Gasteiger partial charge on any atom is 0.313 e. The van der Waals surface area contributed by atoms with E-state index in [1.54, 1.807) is 0 Å². The molecule has 24 heavy (non-hydrogen) atoms. The zero-order chi connectivity index (χ0) is 19.0. The van der Waals surface area contributed by atoms with E-state index in [0.717, 1.165) is 0 Å². The topological polar surface area (TPSA) is 115 Å². The van der Waals surface area contributed by atoms with Gasteiger partial charge in [-0.25, -0.2) is 0 Å². The van der Waals surface area contributed by atoms with Crippen LogP contribution in [0.1, 0.15) is 71.6 Å². The van der Waals surface area contributed by atoms with Gasteiger partial charge in [0.2, 0.25) is 0 Å². The Labute approximate surface area is 142 Å². The Morgan fingerprint density at radius 2 is 1.17 bits per heavy atom. The Morgan fingerprint density at radius 3 is 1.54 bits per heavy atom. The minimum atomic E-state index is -0.788. The van der Waals surface area contributed by atoms with Gasteiger partial charge in [0.15, 0.2) is 0 Å². The van der Waals surface area contributed by atoms with Gasteiger partial charge >= 0.3 is 11.9 Å². The van der Waals surface area contributed by atoms with Crippen LogP contribution in [0, 0.1) is 0 Å². The van der Waals surface area contributed by atoms with E-state index in [2.05, 4.69) is 4.74 Å². The number of rotatable bonds is 12. The van der Waals surface area contributed by atoms with E-state index in [1.165, 1.54) is 21.0 Å². The molecule has 0 saturated heterocycles. The lowest BCUT2D eigenvalue weighted by atomic mass is 10.1. The summed E-state index contributed by atoms with van der Waals surface area (Å²) in [6.07, 6.45) is 4.05. The van der Waals surface area contributed by atoms with Gasteiger partial charge in [0.25, 0.3) is 0 Å². The van der Waals surface area contributed by atoms with E-state index in [9.17, 15) is 24.0 Å². The molecule has 1 N–H and O–H groups in total. The molecule has 0 heterocycles. The van der Waals surface area contributed by atoms with Crippen LogP contribution >= 0.6 is 0 Å². The second kappa shape index (κ2) is 15.8. The quantitative estimate of drug-likeness (QED) is 0.328. The van der Waals surface area contributed by atoms with Gasteiger partial charge in [-0.05, 0) is 39.5 Å². The van der Waals surface area contributed by atoms with Crippen molar-refractivity contribution < 1.29 is 33.8 Å². The van der Waals surface area contributed by atoms with Gasteiger partial charge in [0, 0.05) is 25.7 Å². The third-order valence-corrected chi connectivity index (χ3v) is 2.97. The molecule has 0 atom stereocenters. The second-order valence-electron chi connectivity index (χ2n) is 5.50. The van der Waals surface area contributed by atoms with Crippen LogP contribution in [-0.2, 0) is 28.7 Å². The number of carbonyl (C=O) groups is 5. The van der Waals surface area contributed by atoms with Gasteiger partial charge in [0.1, 0.15) is 23.8 Å². The van der Waals surface area contributed by atoms with Crippen LogP contribution < -0.4 is 0 Å². The first-order chi connectivity index (χ1) is 11.2. The SMILES string of the molecule is CC(=O)CCCCC(=O)O.COC(=O)CC(=O)CCCCC(C)=O. The van der Waals surface area contributed by atoms with Gasteiger partial charge < -0.3 is 19.4 Å². The Morgan fingerprint density at radius 1 is 0.750 bits per heavy atom. The van der Waals surface area contributed by atoms with Crippen LogP contribution in [0.2, 0.25) is 0 Å². The van der Waals surface area contributed by atoms with Crippen molar-refractivity contribution >= 4 is 29.3 Å². The van der Waals surface area contributed by atoms with Crippen molar-refractivity contribution in [2.24, 2.45) is 0 Å². The third kappa shape index (κ3) is 22.2. The molecule has 0 aliphatic carbocycles. The number of aliphatic carboxylic acids is 1. The van der Waals surface area contributed by atoms with E-state index in [4.69, 9.17) is 5.11 Å². The molecule has 0 radical (unpaired) electrons. The summed E-state index contributed by atoms with van der Waals surface area (Å²) in [5.41, 5.74) is 0. The van der Waals surface area contributed by atoms with E-state index < -0.39 is 11.9 Å². The van der Waals surface area contributed by atoms with Crippen LogP contribution in [0.4, 0.5) is 0 Å². The number of Topliss-reactive ketones (excluding diaryl/α,β-unsaturated/α-hetero) is 3. The Kier molecular flexibility index (Phi) is 16.0. The largest absolute Gasteiger partial charge is 0.481 e. The van der Waals surface area contributed by atoms with Gasteiger partial charge in [-0.15, -0.1) is 0 Å². The molecule has 0 aliphatic rings. The number of carboxylic acids is 1. The molecule has 0 amide bonds. The van der Waals surface area contributed by atoms with Crippen LogP contribution in [-0.4, -0.2) is 41.5 Å². The van der Waals surface area contributed by atoms with Gasteiger partial charge in [-0.3, -0.25) is 14.4 Å². The molecule has 0 spiro atoms. The van der Waals surface area contributed by atoms with Crippen LogP contribution in [0.25, 0.3) is 0 Å². The molecule has 0 aromatic carbocycles.